The molecule has 0 aliphatic rings. The summed E-state index contributed by atoms with van der Waals surface area (Å²) in [6, 6.07) is 8.94. The van der Waals surface area contributed by atoms with Crippen LogP contribution in [-0.4, -0.2) is 11.0 Å². The highest BCUT2D eigenvalue weighted by Gasteiger charge is 2.26. The Kier molecular flexibility index (Phi) is 7.52. The van der Waals surface area contributed by atoms with Crippen LogP contribution in [0, 0.1) is 5.92 Å². The molecule has 1 rings (SSSR count). The van der Waals surface area contributed by atoms with Crippen LogP contribution >= 0.6 is 22.6 Å². The van der Waals surface area contributed by atoms with Gasteiger partial charge in [0.05, 0.1) is 5.60 Å². The van der Waals surface area contributed by atoms with Crippen molar-refractivity contribution in [3.8, 4) is 0 Å². The summed E-state index contributed by atoms with van der Waals surface area (Å²) < 4.78 is 7.19. The summed E-state index contributed by atoms with van der Waals surface area (Å²) in [5.41, 5.74) is 2.53. The monoisotopic (exact) mass is 388 g/mol. The summed E-state index contributed by atoms with van der Waals surface area (Å²) in [7, 11) is 0. The minimum Gasteiger partial charge on any atom is -0.370 e. The van der Waals surface area contributed by atoms with Gasteiger partial charge in [-0.25, -0.2) is 0 Å². The summed E-state index contributed by atoms with van der Waals surface area (Å²) in [4.78, 5) is 0. The van der Waals surface area contributed by atoms with E-state index in [1.165, 1.54) is 17.5 Å². The van der Waals surface area contributed by atoms with Crippen molar-refractivity contribution in [2.45, 2.75) is 59.0 Å². The van der Waals surface area contributed by atoms with Gasteiger partial charge >= 0.3 is 0 Å². The van der Waals surface area contributed by atoms with Crippen LogP contribution in [-0.2, 0) is 10.3 Å². The van der Waals surface area contributed by atoms with Crippen molar-refractivity contribution in [3.63, 3.8) is 0 Å². The highest BCUT2D eigenvalue weighted by atomic mass is 127. The second kappa shape index (κ2) is 8.38. The molecule has 114 valence electrons. The predicted octanol–water partition coefficient (Wildman–Crippen LogP) is 5.91. The van der Waals surface area contributed by atoms with Crippen LogP contribution in [0.15, 0.2) is 24.3 Å². The number of halogens is 1. The summed E-state index contributed by atoms with van der Waals surface area (Å²) >= 11 is 2.43. The molecule has 0 saturated carbocycles. The van der Waals surface area contributed by atoms with Crippen molar-refractivity contribution in [2.75, 3.05) is 11.0 Å². The molecule has 1 atom stereocenters. The van der Waals surface area contributed by atoms with E-state index in [1.54, 1.807) is 0 Å². The average Bonchev–Trinajstić information content (AvgIpc) is 2.43. The normalized spacial score (nSPS) is 14.8. The van der Waals surface area contributed by atoms with Crippen molar-refractivity contribution in [2.24, 2.45) is 5.92 Å². The van der Waals surface area contributed by atoms with E-state index in [0.717, 1.165) is 23.4 Å². The molecule has 2 heteroatoms. The molecule has 0 radical (unpaired) electrons. The van der Waals surface area contributed by atoms with Crippen LogP contribution in [0.3, 0.4) is 0 Å². The van der Waals surface area contributed by atoms with Gasteiger partial charge in [0.15, 0.2) is 0 Å². The van der Waals surface area contributed by atoms with Gasteiger partial charge in [0.2, 0.25) is 0 Å². The van der Waals surface area contributed by atoms with Crippen LogP contribution in [0.5, 0.6) is 0 Å². The van der Waals surface area contributed by atoms with Crippen molar-refractivity contribution in [3.05, 3.63) is 35.4 Å². The first kappa shape index (κ1) is 18.0. The average molecular weight is 388 g/mol. The molecule has 0 bridgehead atoms. The Balaban J connectivity index is 2.67. The molecule has 1 aromatic rings. The number of alkyl halides is 1. The molecule has 20 heavy (non-hydrogen) atoms. The van der Waals surface area contributed by atoms with E-state index in [1.807, 2.05) is 0 Å². The van der Waals surface area contributed by atoms with Gasteiger partial charge < -0.3 is 4.74 Å². The van der Waals surface area contributed by atoms with Crippen molar-refractivity contribution in [1.82, 2.24) is 0 Å². The molecule has 1 unspecified atom stereocenters. The molecule has 0 aliphatic carbocycles. The first-order valence-corrected chi connectivity index (χ1v) is 9.22. The van der Waals surface area contributed by atoms with Gasteiger partial charge in [-0.15, -0.1) is 0 Å². The fourth-order valence-electron chi connectivity index (χ4n) is 2.21. The largest absolute Gasteiger partial charge is 0.370 e. The fraction of sp³-hybridized carbons (Fsp3) is 0.667. The Bertz CT molecular complexity index is 383. The summed E-state index contributed by atoms with van der Waals surface area (Å²) in [5.74, 6) is 1.34. The third-order valence-corrected chi connectivity index (χ3v) is 5.25. The molecule has 0 aliphatic heterocycles. The van der Waals surface area contributed by atoms with Crippen molar-refractivity contribution < 1.29 is 4.74 Å². The maximum atomic E-state index is 6.21. The first-order valence-electron chi connectivity index (χ1n) is 7.69. The number of benzene rings is 1. The molecular weight excluding hydrogens is 359 g/mol. The lowest BCUT2D eigenvalue weighted by Gasteiger charge is -2.29. The molecule has 0 heterocycles. The molecule has 0 spiro atoms. The standard InChI is InChI=1S/C18H29IO/c1-14(2)7-6-12-20-18(5,13-19)17-10-8-16(9-11-17)15(3)4/h8-11,14-15H,6-7,12-13H2,1-5H3. The van der Waals surface area contributed by atoms with Crippen LogP contribution in [0.4, 0.5) is 0 Å². The van der Waals surface area contributed by atoms with E-state index in [4.69, 9.17) is 4.74 Å². The number of ether oxygens (including phenoxy) is 1. The SMILES string of the molecule is CC(C)CCCOC(C)(CI)c1ccc(C(C)C)cc1. The van der Waals surface area contributed by atoms with E-state index in [2.05, 4.69) is 81.5 Å². The maximum Gasteiger partial charge on any atom is 0.0992 e. The Morgan fingerprint density at radius 1 is 1.10 bits per heavy atom. The second-order valence-electron chi connectivity index (χ2n) is 6.53. The predicted molar refractivity (Wildman–Crippen MR) is 96.8 cm³/mol. The lowest BCUT2D eigenvalue weighted by Crippen LogP contribution is -2.28. The third-order valence-electron chi connectivity index (χ3n) is 3.79. The van der Waals surface area contributed by atoms with Crippen molar-refractivity contribution >= 4 is 22.6 Å². The Morgan fingerprint density at radius 3 is 2.15 bits per heavy atom. The van der Waals surface area contributed by atoms with E-state index in [-0.39, 0.29) is 5.60 Å². The van der Waals surface area contributed by atoms with Gasteiger partial charge in [-0.05, 0) is 42.7 Å². The van der Waals surface area contributed by atoms with Gasteiger partial charge in [0.1, 0.15) is 0 Å². The van der Waals surface area contributed by atoms with E-state index in [9.17, 15) is 0 Å². The molecule has 0 amide bonds. The molecular formula is C18H29IO. The zero-order valence-electron chi connectivity index (χ0n) is 13.6. The Hall–Kier alpha value is -0.0900. The lowest BCUT2D eigenvalue weighted by molar-refractivity contribution is -0.0180. The van der Waals surface area contributed by atoms with Gasteiger partial charge in [-0.2, -0.15) is 0 Å². The van der Waals surface area contributed by atoms with Crippen molar-refractivity contribution in [1.29, 1.82) is 0 Å². The van der Waals surface area contributed by atoms with E-state index in [0.29, 0.717) is 5.92 Å². The van der Waals surface area contributed by atoms with Crippen LogP contribution in [0.2, 0.25) is 0 Å². The molecule has 0 N–H and O–H groups in total. The fourth-order valence-corrected chi connectivity index (χ4v) is 2.87. The molecule has 1 nitrogen and oxygen atoms in total. The Labute approximate surface area is 138 Å². The minimum absolute atomic E-state index is 0.160. The zero-order chi connectivity index (χ0) is 15.2. The van der Waals surface area contributed by atoms with Gasteiger partial charge in [-0.1, -0.05) is 74.6 Å². The van der Waals surface area contributed by atoms with Gasteiger partial charge in [0, 0.05) is 11.0 Å². The highest BCUT2D eigenvalue weighted by Crippen LogP contribution is 2.29. The van der Waals surface area contributed by atoms with Gasteiger partial charge in [-0.3, -0.25) is 0 Å². The van der Waals surface area contributed by atoms with Crippen LogP contribution in [0.1, 0.15) is 64.5 Å². The summed E-state index contributed by atoms with van der Waals surface area (Å²) in [6.45, 7) is 12.1. The molecule has 0 aromatic heterocycles. The summed E-state index contributed by atoms with van der Waals surface area (Å²) in [6.07, 6.45) is 2.39. The third kappa shape index (κ3) is 5.36. The first-order chi connectivity index (χ1) is 9.39. The number of rotatable bonds is 8. The smallest absolute Gasteiger partial charge is 0.0992 e. The maximum absolute atomic E-state index is 6.21. The second-order valence-corrected chi connectivity index (χ2v) is 7.29. The number of hydrogen-bond acceptors (Lipinski definition) is 1. The minimum atomic E-state index is -0.160. The van der Waals surface area contributed by atoms with Crippen LogP contribution < -0.4 is 0 Å². The van der Waals surface area contributed by atoms with Gasteiger partial charge in [0.25, 0.3) is 0 Å². The molecule has 0 fully saturated rings. The topological polar surface area (TPSA) is 9.23 Å². The quantitative estimate of drug-likeness (QED) is 0.306. The Morgan fingerprint density at radius 2 is 1.70 bits per heavy atom. The lowest BCUT2D eigenvalue weighted by atomic mass is 9.94. The van der Waals surface area contributed by atoms with E-state index < -0.39 is 0 Å². The highest BCUT2D eigenvalue weighted by molar-refractivity contribution is 14.1. The number of hydrogen-bond donors (Lipinski definition) is 0. The van der Waals surface area contributed by atoms with Crippen LogP contribution in [0.25, 0.3) is 0 Å². The zero-order valence-corrected chi connectivity index (χ0v) is 15.7. The molecule has 1 aromatic carbocycles. The summed E-state index contributed by atoms with van der Waals surface area (Å²) in [5, 5.41) is 0. The molecule has 0 saturated heterocycles. The van der Waals surface area contributed by atoms with E-state index >= 15 is 0 Å².